The predicted molar refractivity (Wildman–Crippen MR) is 310 cm³/mol. The van der Waals surface area contributed by atoms with E-state index in [1.807, 2.05) is 60.7 Å². The van der Waals surface area contributed by atoms with E-state index in [2.05, 4.69) is 197 Å². The van der Waals surface area contributed by atoms with Crippen molar-refractivity contribution in [2.45, 2.75) is 0 Å². The summed E-state index contributed by atoms with van der Waals surface area (Å²) >= 11 is 0. The fraction of sp³-hybridized carbons (Fsp3) is 0. The Morgan fingerprint density at radius 1 is 0.250 bits per heavy atom. The normalized spacial score (nSPS) is 11.9. The predicted octanol–water partition coefficient (Wildman–Crippen LogP) is 18.2. The highest BCUT2D eigenvalue weighted by molar-refractivity contribution is 6.17. The van der Waals surface area contributed by atoms with Crippen molar-refractivity contribution in [1.29, 1.82) is 0 Å². The van der Waals surface area contributed by atoms with Crippen LogP contribution in [0.1, 0.15) is 0 Å². The average molecular weight is 972 g/mol. The molecule has 11 aromatic carbocycles. The van der Waals surface area contributed by atoms with E-state index in [0.29, 0.717) is 17.5 Å². The summed E-state index contributed by atoms with van der Waals surface area (Å²) in [6.07, 6.45) is 0. The van der Waals surface area contributed by atoms with Gasteiger partial charge in [-0.15, -0.1) is 0 Å². The molecule has 0 aliphatic rings. The van der Waals surface area contributed by atoms with Crippen LogP contribution in [0, 0.1) is 0 Å². The van der Waals surface area contributed by atoms with E-state index in [9.17, 15) is 0 Å². The Labute approximate surface area is 434 Å². The number of aromatic nitrogens is 5. The Bertz CT molecular complexity index is 4700. The Morgan fingerprint density at radius 2 is 0.632 bits per heavy atom. The van der Waals surface area contributed by atoms with Crippen LogP contribution in [0.4, 0.5) is 0 Å². The Kier molecular flexibility index (Phi) is 9.20. The second-order valence-electron chi connectivity index (χ2n) is 19.5. The number of benzene rings is 11. The van der Waals surface area contributed by atoms with E-state index in [1.54, 1.807) is 0 Å². The minimum absolute atomic E-state index is 0.572. The molecule has 0 saturated heterocycles. The maximum absolute atomic E-state index is 6.37. The highest BCUT2D eigenvalue weighted by atomic mass is 16.3. The van der Waals surface area contributed by atoms with Gasteiger partial charge in [-0.3, -0.25) is 0 Å². The van der Waals surface area contributed by atoms with Gasteiger partial charge in [-0.25, -0.2) is 15.0 Å². The number of para-hydroxylation sites is 4. The minimum atomic E-state index is 0.572. The zero-order chi connectivity index (χ0) is 49.8. The van der Waals surface area contributed by atoms with Gasteiger partial charge in [0, 0.05) is 71.2 Å². The van der Waals surface area contributed by atoms with E-state index in [1.165, 1.54) is 0 Å². The summed E-state index contributed by atoms with van der Waals surface area (Å²) in [5, 5.41) is 9.04. The molecule has 5 aromatic heterocycles. The van der Waals surface area contributed by atoms with Gasteiger partial charge in [0.05, 0.1) is 22.1 Å². The summed E-state index contributed by atoms with van der Waals surface area (Å²) < 4.78 is 17.5. The molecule has 0 fully saturated rings. The third-order valence-electron chi connectivity index (χ3n) is 15.1. The first-order valence-electron chi connectivity index (χ1n) is 25.6. The molecule has 16 aromatic rings. The van der Waals surface area contributed by atoms with Crippen LogP contribution in [0.5, 0.6) is 0 Å². The summed E-state index contributed by atoms with van der Waals surface area (Å²) in [5.74, 6) is 1.78. The van der Waals surface area contributed by atoms with Crippen molar-refractivity contribution in [3.05, 3.63) is 249 Å². The highest BCUT2D eigenvalue weighted by Gasteiger charge is 2.22. The Morgan fingerprint density at radius 3 is 1.11 bits per heavy atom. The summed E-state index contributed by atoms with van der Waals surface area (Å²) in [5.41, 5.74) is 17.0. The van der Waals surface area contributed by atoms with Crippen LogP contribution in [0.3, 0.4) is 0 Å². The number of fused-ring (bicyclic) bond motifs is 12. The standard InChI is InChI=1S/C69H41N5O2/c1-3-17-42(18-4-1)67-70-68(43-19-5-2-6-20-43)72-69(71-67)46-37-47(73-57-27-11-7-21-51(57)55-39-44(33-35-59(55)73)49-25-15-31-63-65(49)53-23-9-13-29-61(53)75-63)41-48(38-46)74-58-28-12-8-22-52(58)56-40-45(34-36-60(56)74)50-26-16-32-64-66(50)54-24-10-14-30-62(54)76-64/h1-41H. The monoisotopic (exact) mass is 971 g/mol. The third-order valence-corrected chi connectivity index (χ3v) is 15.1. The van der Waals surface area contributed by atoms with E-state index in [4.69, 9.17) is 23.8 Å². The number of rotatable bonds is 7. The van der Waals surface area contributed by atoms with Crippen LogP contribution in [0.2, 0.25) is 0 Å². The SMILES string of the molecule is c1ccc(-c2nc(-c3ccccc3)nc(-c3cc(-n4c5ccccc5c5cc(-c6cccc7oc8ccccc8c67)ccc54)cc(-n4c5ccccc5c5cc(-c6cccc7oc8ccccc8c67)ccc54)c3)n2)cc1. The molecule has 0 aliphatic heterocycles. The van der Waals surface area contributed by atoms with Gasteiger partial charge in [-0.1, -0.05) is 170 Å². The zero-order valence-corrected chi connectivity index (χ0v) is 40.7. The van der Waals surface area contributed by atoms with Gasteiger partial charge >= 0.3 is 0 Å². The topological polar surface area (TPSA) is 74.8 Å². The third kappa shape index (κ3) is 6.52. The van der Waals surface area contributed by atoms with Gasteiger partial charge in [0.25, 0.3) is 0 Å². The van der Waals surface area contributed by atoms with Gasteiger partial charge in [0.1, 0.15) is 22.3 Å². The number of hydrogen-bond donors (Lipinski definition) is 0. The molecule has 0 unspecified atom stereocenters. The van der Waals surface area contributed by atoms with E-state index in [0.717, 1.165) is 138 Å². The molecule has 0 atom stereocenters. The summed E-state index contributed by atoms with van der Waals surface area (Å²) in [7, 11) is 0. The first-order valence-corrected chi connectivity index (χ1v) is 25.6. The number of furan rings is 2. The fourth-order valence-electron chi connectivity index (χ4n) is 11.8. The number of nitrogens with zero attached hydrogens (tertiary/aromatic N) is 5. The molecule has 5 heterocycles. The van der Waals surface area contributed by atoms with Crippen molar-refractivity contribution in [2.24, 2.45) is 0 Å². The molecule has 0 N–H and O–H groups in total. The van der Waals surface area contributed by atoms with Crippen molar-refractivity contribution in [1.82, 2.24) is 24.1 Å². The Hall–Kier alpha value is -10.4. The molecule has 7 nitrogen and oxygen atoms in total. The van der Waals surface area contributed by atoms with Gasteiger partial charge in [0.15, 0.2) is 17.5 Å². The van der Waals surface area contributed by atoms with Crippen molar-refractivity contribution in [2.75, 3.05) is 0 Å². The molecule has 16 rings (SSSR count). The first-order chi connectivity index (χ1) is 37.7. The summed E-state index contributed by atoms with van der Waals surface area (Å²) in [6.45, 7) is 0. The lowest BCUT2D eigenvalue weighted by Gasteiger charge is -2.16. The fourth-order valence-corrected chi connectivity index (χ4v) is 11.8. The molecular weight excluding hydrogens is 931 g/mol. The van der Waals surface area contributed by atoms with Crippen LogP contribution in [-0.4, -0.2) is 24.1 Å². The van der Waals surface area contributed by atoms with Crippen LogP contribution < -0.4 is 0 Å². The molecule has 0 spiro atoms. The molecule has 0 radical (unpaired) electrons. The molecule has 354 valence electrons. The molecule has 0 aliphatic carbocycles. The van der Waals surface area contributed by atoms with Crippen LogP contribution in [0.25, 0.3) is 155 Å². The summed E-state index contributed by atoms with van der Waals surface area (Å²) in [4.78, 5) is 15.7. The molecule has 0 saturated carbocycles. The van der Waals surface area contributed by atoms with Gasteiger partial charge in [-0.05, 0) is 101 Å². The largest absolute Gasteiger partial charge is 0.456 e. The van der Waals surface area contributed by atoms with Crippen LogP contribution >= 0.6 is 0 Å². The maximum Gasteiger partial charge on any atom is 0.164 e. The number of hydrogen-bond acceptors (Lipinski definition) is 5. The summed E-state index contributed by atoms with van der Waals surface area (Å²) in [6, 6.07) is 87.6. The minimum Gasteiger partial charge on any atom is -0.456 e. The van der Waals surface area contributed by atoms with Gasteiger partial charge in [-0.2, -0.15) is 0 Å². The Balaban J connectivity index is 0.955. The molecule has 0 amide bonds. The van der Waals surface area contributed by atoms with E-state index in [-0.39, 0.29) is 0 Å². The quantitative estimate of drug-likeness (QED) is 0.159. The molecule has 7 heteroatoms. The smallest absolute Gasteiger partial charge is 0.164 e. The lowest BCUT2D eigenvalue weighted by Crippen LogP contribution is -2.03. The van der Waals surface area contributed by atoms with Crippen LogP contribution in [-0.2, 0) is 0 Å². The van der Waals surface area contributed by atoms with Crippen molar-refractivity contribution < 1.29 is 8.83 Å². The van der Waals surface area contributed by atoms with Crippen molar-refractivity contribution in [3.8, 4) is 67.8 Å². The van der Waals surface area contributed by atoms with E-state index < -0.39 is 0 Å². The zero-order valence-electron chi connectivity index (χ0n) is 40.7. The molecule has 76 heavy (non-hydrogen) atoms. The van der Waals surface area contributed by atoms with Gasteiger partial charge in [0.2, 0.25) is 0 Å². The van der Waals surface area contributed by atoms with Crippen molar-refractivity contribution in [3.63, 3.8) is 0 Å². The van der Waals surface area contributed by atoms with Crippen LogP contribution in [0.15, 0.2) is 258 Å². The van der Waals surface area contributed by atoms with Crippen molar-refractivity contribution >= 4 is 87.5 Å². The second-order valence-corrected chi connectivity index (χ2v) is 19.5. The van der Waals surface area contributed by atoms with E-state index >= 15 is 0 Å². The maximum atomic E-state index is 6.37. The highest BCUT2D eigenvalue weighted by Crippen LogP contribution is 2.44. The lowest BCUT2D eigenvalue weighted by molar-refractivity contribution is 0.668. The molecule has 0 bridgehead atoms. The molecular formula is C69H41N5O2. The average Bonchev–Trinajstić information content (AvgIpc) is 4.30. The second kappa shape index (κ2) is 16.6. The first kappa shape index (κ1) is 42.2. The van der Waals surface area contributed by atoms with Gasteiger partial charge < -0.3 is 18.0 Å². The lowest BCUT2D eigenvalue weighted by atomic mass is 9.98.